The van der Waals surface area contributed by atoms with Crippen LogP contribution in [0, 0.1) is 6.92 Å². The van der Waals surface area contributed by atoms with Crippen LogP contribution in [0.5, 0.6) is 5.88 Å². The maximum absolute atomic E-state index is 5.21. The summed E-state index contributed by atoms with van der Waals surface area (Å²) in [5.74, 6) is 0.608. The molecule has 0 aliphatic rings. The summed E-state index contributed by atoms with van der Waals surface area (Å²) in [6, 6.07) is 0.377. The van der Waals surface area contributed by atoms with Gasteiger partial charge in [0.25, 0.3) is 5.88 Å². The van der Waals surface area contributed by atoms with E-state index in [1.165, 1.54) is 11.3 Å². The van der Waals surface area contributed by atoms with Crippen LogP contribution < -0.4 is 10.1 Å². The minimum atomic E-state index is 0.377. The van der Waals surface area contributed by atoms with Crippen LogP contribution in [0.2, 0.25) is 0 Å². The van der Waals surface area contributed by atoms with Gasteiger partial charge >= 0.3 is 0 Å². The van der Waals surface area contributed by atoms with E-state index < -0.39 is 0 Å². The lowest BCUT2D eigenvalue weighted by atomic mass is 10.2. The summed E-state index contributed by atoms with van der Waals surface area (Å²) in [6.45, 7) is 7.05. The Labute approximate surface area is 113 Å². The normalized spacial score (nSPS) is 11.1. The zero-order chi connectivity index (χ0) is 14.0. The molecule has 0 aliphatic heterocycles. The average molecular weight is 263 g/mol. The van der Waals surface area contributed by atoms with Crippen molar-refractivity contribution in [1.82, 2.24) is 19.6 Å². The van der Waals surface area contributed by atoms with Crippen molar-refractivity contribution < 1.29 is 4.74 Å². The highest BCUT2D eigenvalue weighted by Crippen LogP contribution is 2.22. The molecule has 104 valence electrons. The number of aryl methyl sites for hydroxylation is 1. The maximum Gasteiger partial charge on any atom is 0.256 e. The van der Waals surface area contributed by atoms with Gasteiger partial charge in [-0.3, -0.25) is 9.36 Å². The summed E-state index contributed by atoms with van der Waals surface area (Å²) in [4.78, 5) is 0. The second-order valence-electron chi connectivity index (χ2n) is 4.87. The lowest BCUT2D eigenvalue weighted by Gasteiger charge is -2.09. The zero-order valence-electron chi connectivity index (χ0n) is 12.1. The number of nitrogens with zero attached hydrogens (tertiary/aromatic N) is 4. The van der Waals surface area contributed by atoms with E-state index in [1.807, 2.05) is 24.1 Å². The van der Waals surface area contributed by atoms with Gasteiger partial charge in [-0.1, -0.05) is 0 Å². The van der Waals surface area contributed by atoms with Crippen molar-refractivity contribution in [3.05, 3.63) is 23.7 Å². The molecule has 2 rings (SSSR count). The van der Waals surface area contributed by atoms with Crippen LogP contribution >= 0.6 is 0 Å². The Balaban J connectivity index is 2.10. The van der Waals surface area contributed by atoms with Gasteiger partial charge in [-0.15, -0.1) is 5.10 Å². The van der Waals surface area contributed by atoms with E-state index in [4.69, 9.17) is 4.74 Å². The Morgan fingerprint density at radius 2 is 2.16 bits per heavy atom. The molecule has 0 spiro atoms. The first-order chi connectivity index (χ1) is 9.02. The van der Waals surface area contributed by atoms with E-state index in [9.17, 15) is 0 Å². The van der Waals surface area contributed by atoms with Crippen molar-refractivity contribution in [2.75, 3.05) is 12.4 Å². The Kier molecular flexibility index (Phi) is 3.78. The highest BCUT2D eigenvalue weighted by molar-refractivity contribution is 5.51. The first-order valence-electron chi connectivity index (χ1n) is 6.37. The Morgan fingerprint density at radius 3 is 2.74 bits per heavy atom. The molecule has 6 heteroatoms. The average Bonchev–Trinajstić information content (AvgIpc) is 2.90. The molecule has 0 fully saturated rings. The van der Waals surface area contributed by atoms with Gasteiger partial charge in [0.05, 0.1) is 19.5 Å². The number of anilines is 1. The van der Waals surface area contributed by atoms with E-state index in [0.717, 1.165) is 5.69 Å². The second-order valence-corrected chi connectivity index (χ2v) is 4.87. The SMILES string of the molecule is COc1nn(C)cc1NCc1cnn(C(C)C)c1C. The van der Waals surface area contributed by atoms with Gasteiger partial charge in [-0.05, 0) is 20.8 Å². The minimum Gasteiger partial charge on any atom is -0.478 e. The summed E-state index contributed by atoms with van der Waals surface area (Å²) < 4.78 is 8.97. The first-order valence-corrected chi connectivity index (χ1v) is 6.37. The molecule has 2 heterocycles. The van der Waals surface area contributed by atoms with Crippen molar-refractivity contribution in [2.24, 2.45) is 7.05 Å². The molecule has 0 unspecified atom stereocenters. The van der Waals surface area contributed by atoms with Gasteiger partial charge in [0.1, 0.15) is 5.69 Å². The second kappa shape index (κ2) is 5.34. The Hall–Kier alpha value is -1.98. The summed E-state index contributed by atoms with van der Waals surface area (Å²) in [5.41, 5.74) is 3.26. The van der Waals surface area contributed by atoms with Crippen molar-refractivity contribution in [1.29, 1.82) is 0 Å². The minimum absolute atomic E-state index is 0.377. The van der Waals surface area contributed by atoms with Crippen LogP contribution in [0.15, 0.2) is 12.4 Å². The molecule has 0 bridgehead atoms. The van der Waals surface area contributed by atoms with E-state index >= 15 is 0 Å². The number of nitrogens with one attached hydrogen (secondary N) is 1. The van der Waals surface area contributed by atoms with Crippen molar-refractivity contribution in [3.63, 3.8) is 0 Å². The van der Waals surface area contributed by atoms with Crippen LogP contribution in [0.4, 0.5) is 5.69 Å². The summed E-state index contributed by atoms with van der Waals surface area (Å²) >= 11 is 0. The van der Waals surface area contributed by atoms with E-state index in [2.05, 4.69) is 36.3 Å². The number of methoxy groups -OCH3 is 1. The number of aromatic nitrogens is 4. The monoisotopic (exact) mass is 263 g/mol. The molecule has 2 aromatic rings. The molecule has 6 nitrogen and oxygen atoms in total. The van der Waals surface area contributed by atoms with Gasteiger partial charge in [-0.2, -0.15) is 5.10 Å². The largest absolute Gasteiger partial charge is 0.478 e. The van der Waals surface area contributed by atoms with Crippen molar-refractivity contribution in [2.45, 2.75) is 33.4 Å². The van der Waals surface area contributed by atoms with Gasteiger partial charge in [-0.25, -0.2) is 0 Å². The van der Waals surface area contributed by atoms with E-state index in [1.54, 1.807) is 11.8 Å². The number of rotatable bonds is 5. The van der Waals surface area contributed by atoms with Crippen molar-refractivity contribution in [3.8, 4) is 5.88 Å². The molecule has 0 atom stereocenters. The molecule has 0 amide bonds. The third-order valence-electron chi connectivity index (χ3n) is 3.09. The van der Waals surface area contributed by atoms with Crippen molar-refractivity contribution >= 4 is 5.69 Å². The standard InChI is InChI=1S/C13H21N5O/c1-9(2)18-10(3)11(7-15-18)6-14-12-8-17(4)16-13(12)19-5/h7-9,14H,6H2,1-5H3. The zero-order valence-corrected chi connectivity index (χ0v) is 12.1. The Morgan fingerprint density at radius 1 is 1.42 bits per heavy atom. The molecule has 0 saturated heterocycles. The number of hydrogen-bond donors (Lipinski definition) is 1. The molecule has 19 heavy (non-hydrogen) atoms. The van der Waals surface area contributed by atoms with Gasteiger partial charge < -0.3 is 10.1 Å². The molecular weight excluding hydrogens is 242 g/mol. The van der Waals surface area contributed by atoms with Gasteiger partial charge in [0.2, 0.25) is 0 Å². The third-order valence-corrected chi connectivity index (χ3v) is 3.09. The fourth-order valence-corrected chi connectivity index (χ4v) is 2.08. The molecule has 2 aromatic heterocycles. The predicted molar refractivity (Wildman–Crippen MR) is 74.4 cm³/mol. The lowest BCUT2D eigenvalue weighted by Crippen LogP contribution is -2.06. The molecule has 0 saturated carbocycles. The van der Waals surface area contributed by atoms with Crippen LogP contribution in [0.25, 0.3) is 0 Å². The molecule has 0 aliphatic carbocycles. The van der Waals surface area contributed by atoms with Crippen LogP contribution in [0.3, 0.4) is 0 Å². The third kappa shape index (κ3) is 2.72. The van der Waals surface area contributed by atoms with Gasteiger partial charge in [0, 0.05) is 30.9 Å². The fourth-order valence-electron chi connectivity index (χ4n) is 2.08. The first kappa shape index (κ1) is 13.5. The molecule has 1 N–H and O–H groups in total. The Bertz CT molecular complexity index is 555. The predicted octanol–water partition coefficient (Wildman–Crippen LogP) is 2.13. The van der Waals surface area contributed by atoms with E-state index in [0.29, 0.717) is 18.5 Å². The summed E-state index contributed by atoms with van der Waals surface area (Å²) in [5, 5.41) is 11.9. The highest BCUT2D eigenvalue weighted by Gasteiger charge is 2.11. The maximum atomic E-state index is 5.21. The number of hydrogen-bond acceptors (Lipinski definition) is 4. The van der Waals surface area contributed by atoms with Gasteiger partial charge in [0.15, 0.2) is 0 Å². The summed E-state index contributed by atoms with van der Waals surface area (Å²) in [7, 11) is 3.49. The molecular formula is C13H21N5O. The highest BCUT2D eigenvalue weighted by atomic mass is 16.5. The fraction of sp³-hybridized carbons (Fsp3) is 0.538. The van der Waals surface area contributed by atoms with E-state index in [-0.39, 0.29) is 0 Å². The van der Waals surface area contributed by atoms with Crippen LogP contribution in [-0.4, -0.2) is 26.7 Å². The van der Waals surface area contributed by atoms with Crippen LogP contribution in [0.1, 0.15) is 31.1 Å². The lowest BCUT2D eigenvalue weighted by molar-refractivity contribution is 0.393. The summed E-state index contributed by atoms with van der Waals surface area (Å²) in [6.07, 6.45) is 3.81. The topological polar surface area (TPSA) is 56.9 Å². The molecule has 0 radical (unpaired) electrons. The quantitative estimate of drug-likeness (QED) is 0.897. The molecule has 0 aromatic carbocycles. The smallest absolute Gasteiger partial charge is 0.256 e. The number of ether oxygens (including phenoxy) is 1. The van der Waals surface area contributed by atoms with Crippen LogP contribution in [-0.2, 0) is 13.6 Å².